The molecule has 0 spiro atoms. The van der Waals surface area contributed by atoms with E-state index in [1.54, 1.807) is 0 Å². The van der Waals surface area contributed by atoms with Crippen LogP contribution in [0.4, 0.5) is 0 Å². The third-order valence-corrected chi connectivity index (χ3v) is 14.1. The Morgan fingerprint density at radius 1 is 0.481 bits per heavy atom. The monoisotopic (exact) mass is 776 g/mol. The smallest absolute Gasteiger partial charge is 1.00 e. The van der Waals surface area contributed by atoms with Gasteiger partial charge in [-0.2, -0.15) is 0 Å². The Hall–Kier alpha value is 0.720. The summed E-state index contributed by atoms with van der Waals surface area (Å²) in [6, 6.07) is 0. The number of likely N-dealkylation sites (tertiary alicyclic amines) is 2. The van der Waals surface area contributed by atoms with Crippen molar-refractivity contribution in [3.63, 3.8) is 0 Å². The fourth-order valence-electron chi connectivity index (χ4n) is 10.3. The number of rotatable bonds is 4. The van der Waals surface area contributed by atoms with Crippen LogP contribution in [-0.4, -0.2) is 104 Å². The summed E-state index contributed by atoms with van der Waals surface area (Å²) in [4.78, 5) is 5.13. The van der Waals surface area contributed by atoms with E-state index < -0.39 is 0 Å². The summed E-state index contributed by atoms with van der Waals surface area (Å²) in [7, 11) is 4.56. The van der Waals surface area contributed by atoms with Crippen LogP contribution in [0.15, 0.2) is 0 Å². The zero-order valence-corrected chi connectivity index (χ0v) is 40.2. The second kappa shape index (κ2) is 21.3. The Morgan fingerprint density at radius 2 is 0.852 bits per heavy atom. The predicted molar refractivity (Wildman–Crippen MR) is 228 cm³/mol. The number of hydrogen-bond acceptors (Lipinski definition) is 7. The standard InChI is InChI=1S/C27H52N2O2.C12H25N.C6H12O2.CH4.Na.H/c1-24(2)16-14-22(18-25(3,4)28-24)30-20-10-12-21(13-11-20)31-23-15-17-26(5,6)29(9)27(7,8)19-23;1-10-7-8-11(2,3)13(6)12(4,5)9-10;7-5-1-2-6(8)4-3-5;;;/h20-23,28H,10-19H2,1-9H3;10H,7-9H2,1-6H3;5-8H,1-4H2;1H4;;/q;;;;+1;-1. The predicted octanol–water partition coefficient (Wildman–Crippen LogP) is 7.40. The van der Waals surface area contributed by atoms with Gasteiger partial charge in [-0.25, -0.2) is 0 Å². The van der Waals surface area contributed by atoms with E-state index in [0.29, 0.717) is 35.5 Å². The average Bonchev–Trinajstić information content (AvgIpc) is 3.21. The first-order chi connectivity index (χ1) is 23.7. The largest absolute Gasteiger partial charge is 1.00 e. The number of hydrogen-bond donors (Lipinski definition) is 3. The molecule has 3 saturated heterocycles. The summed E-state index contributed by atoms with van der Waals surface area (Å²) in [6.45, 7) is 30.7. The summed E-state index contributed by atoms with van der Waals surface area (Å²) < 4.78 is 13.4. The summed E-state index contributed by atoms with van der Waals surface area (Å²) in [5.74, 6) is 0.874. The van der Waals surface area contributed by atoms with Crippen molar-refractivity contribution in [2.24, 2.45) is 5.92 Å². The molecule has 54 heavy (non-hydrogen) atoms. The Labute approximate surface area is 360 Å². The van der Waals surface area contributed by atoms with E-state index in [-0.39, 0.29) is 72.8 Å². The second-order valence-electron chi connectivity index (χ2n) is 22.0. The molecular formula is C46H94N3NaO4. The number of nitrogens with one attached hydrogen (secondary N) is 1. The molecule has 3 N–H and O–H groups in total. The van der Waals surface area contributed by atoms with Gasteiger partial charge in [0.2, 0.25) is 0 Å². The molecule has 0 radical (unpaired) electrons. The minimum absolute atomic E-state index is 0. The van der Waals surface area contributed by atoms with Gasteiger partial charge in [0, 0.05) is 33.2 Å². The number of aliphatic hydroxyl groups is 2. The molecule has 0 aromatic heterocycles. The summed E-state index contributed by atoms with van der Waals surface area (Å²) >= 11 is 0. The van der Waals surface area contributed by atoms with Gasteiger partial charge in [-0.1, -0.05) is 14.4 Å². The molecule has 8 heteroatoms. The molecule has 0 aromatic carbocycles. The fourth-order valence-corrected chi connectivity index (χ4v) is 10.3. The van der Waals surface area contributed by atoms with E-state index >= 15 is 0 Å². The second-order valence-corrected chi connectivity index (χ2v) is 22.0. The maximum atomic E-state index is 8.92. The molecule has 0 bridgehead atoms. The minimum Gasteiger partial charge on any atom is -1.00 e. The van der Waals surface area contributed by atoms with E-state index in [4.69, 9.17) is 19.7 Å². The molecule has 0 aromatic rings. The molecule has 318 valence electrons. The van der Waals surface area contributed by atoms with Crippen molar-refractivity contribution in [1.82, 2.24) is 15.1 Å². The Kier molecular flexibility index (Phi) is 20.8. The van der Waals surface area contributed by atoms with Crippen LogP contribution in [0.1, 0.15) is 208 Å². The van der Waals surface area contributed by atoms with Crippen LogP contribution in [0.2, 0.25) is 0 Å². The zero-order valence-electron chi connectivity index (χ0n) is 39.2. The van der Waals surface area contributed by atoms with Gasteiger partial charge in [0.15, 0.2) is 0 Å². The van der Waals surface area contributed by atoms with Crippen LogP contribution in [0.3, 0.4) is 0 Å². The van der Waals surface area contributed by atoms with Crippen LogP contribution in [0.5, 0.6) is 0 Å². The quantitative estimate of drug-likeness (QED) is 0.257. The molecule has 7 nitrogen and oxygen atoms in total. The van der Waals surface area contributed by atoms with Crippen molar-refractivity contribution in [2.75, 3.05) is 14.1 Å². The van der Waals surface area contributed by atoms with Crippen molar-refractivity contribution < 1.29 is 50.7 Å². The van der Waals surface area contributed by atoms with Gasteiger partial charge in [0.05, 0.1) is 36.6 Å². The first-order valence-corrected chi connectivity index (χ1v) is 21.7. The fraction of sp³-hybridized carbons (Fsp3) is 1.00. The van der Waals surface area contributed by atoms with Crippen molar-refractivity contribution in [2.45, 2.75) is 276 Å². The van der Waals surface area contributed by atoms with E-state index in [1.165, 1.54) is 44.9 Å². The maximum absolute atomic E-state index is 8.92. The zero-order chi connectivity index (χ0) is 39.3. The van der Waals surface area contributed by atoms with Crippen molar-refractivity contribution in [3.8, 4) is 0 Å². The van der Waals surface area contributed by atoms with Crippen LogP contribution >= 0.6 is 0 Å². The number of aliphatic hydroxyl groups excluding tert-OH is 2. The van der Waals surface area contributed by atoms with E-state index in [0.717, 1.165) is 70.1 Å². The molecule has 5 rings (SSSR count). The summed E-state index contributed by atoms with van der Waals surface area (Å²) in [5.41, 5.74) is 1.48. The van der Waals surface area contributed by atoms with Crippen molar-refractivity contribution in [3.05, 3.63) is 0 Å². The first-order valence-electron chi connectivity index (χ1n) is 21.7. The average molecular weight is 776 g/mol. The van der Waals surface area contributed by atoms with Gasteiger partial charge in [0.25, 0.3) is 0 Å². The van der Waals surface area contributed by atoms with Crippen molar-refractivity contribution >= 4 is 0 Å². The molecular weight excluding hydrogens is 682 g/mol. The van der Waals surface area contributed by atoms with Gasteiger partial charge >= 0.3 is 29.6 Å². The third-order valence-electron chi connectivity index (χ3n) is 14.1. The first kappa shape index (κ1) is 52.7. The van der Waals surface area contributed by atoms with Crippen molar-refractivity contribution in [1.29, 1.82) is 0 Å². The van der Waals surface area contributed by atoms with Crippen LogP contribution < -0.4 is 34.9 Å². The molecule has 0 amide bonds. The SMILES string of the molecule is C.CC1CCC(C)(C)N(C)C(C)(C)C1.CN1C(C)(C)CCC(OC2CCC(OC3CCC(C)(C)NC(C)(C)C3)CC2)CC1(C)C.OC1CCC(O)CC1.[H-].[Na+]. The van der Waals surface area contributed by atoms with Gasteiger partial charge in [-0.3, -0.25) is 9.80 Å². The van der Waals surface area contributed by atoms with E-state index in [9.17, 15) is 0 Å². The minimum atomic E-state index is -0.140. The van der Waals surface area contributed by atoms with E-state index in [1.807, 2.05) is 0 Å². The number of ether oxygens (including phenoxy) is 2. The van der Waals surface area contributed by atoms with Gasteiger partial charge in [-0.05, 0) is 212 Å². The number of nitrogens with zero attached hydrogens (tertiary/aromatic N) is 2. The van der Waals surface area contributed by atoms with Crippen LogP contribution in [0, 0.1) is 5.92 Å². The molecule has 3 atom stereocenters. The van der Waals surface area contributed by atoms with Gasteiger partial charge < -0.3 is 26.4 Å². The molecule has 2 saturated carbocycles. The Bertz CT molecular complexity index is 1060. The molecule has 3 aliphatic heterocycles. The Balaban J connectivity index is 0.00000100. The molecule has 2 aliphatic carbocycles. The molecule has 5 fully saturated rings. The normalized spacial score (nSPS) is 36.1. The topological polar surface area (TPSA) is 77.4 Å². The van der Waals surface area contributed by atoms with Crippen LogP contribution in [-0.2, 0) is 9.47 Å². The van der Waals surface area contributed by atoms with E-state index in [2.05, 4.69) is 119 Å². The van der Waals surface area contributed by atoms with Gasteiger partial charge in [-0.15, -0.1) is 0 Å². The summed E-state index contributed by atoms with van der Waals surface area (Å²) in [5, 5.41) is 21.7. The molecule has 3 heterocycles. The molecule has 3 unspecified atom stereocenters. The van der Waals surface area contributed by atoms with Gasteiger partial charge in [0.1, 0.15) is 0 Å². The molecule has 5 aliphatic rings. The third kappa shape index (κ3) is 16.8. The Morgan fingerprint density at radius 3 is 1.30 bits per heavy atom. The van der Waals surface area contributed by atoms with Crippen LogP contribution in [0.25, 0.3) is 0 Å². The maximum Gasteiger partial charge on any atom is 1.00 e. The summed E-state index contributed by atoms with van der Waals surface area (Å²) in [6.07, 6.45) is 20.0.